The van der Waals surface area contributed by atoms with E-state index in [4.69, 9.17) is 0 Å². The average molecular weight is 830 g/mol. The number of carbonyl (C=O) groups is 4. The summed E-state index contributed by atoms with van der Waals surface area (Å²) in [6, 6.07) is 10.9. The molecule has 17 heteroatoms. The number of nitrogens with zero attached hydrogens (tertiary/aromatic N) is 6. The van der Waals surface area contributed by atoms with Crippen LogP contribution in [0.5, 0.6) is 0 Å². The van der Waals surface area contributed by atoms with Gasteiger partial charge in [-0.05, 0) is 81.7 Å². The van der Waals surface area contributed by atoms with Crippen LogP contribution in [0.15, 0.2) is 48.7 Å². The first-order chi connectivity index (χ1) is 28.9. The number of likely N-dealkylation sites (tertiary alicyclic amines) is 2. The fourth-order valence-corrected chi connectivity index (χ4v) is 9.22. The summed E-state index contributed by atoms with van der Waals surface area (Å²) in [6.45, 7) is 4.68. The second-order valence-electron chi connectivity index (χ2n) is 17.0. The number of amides is 4. The van der Waals surface area contributed by atoms with Crippen LogP contribution < -0.4 is 20.9 Å². The van der Waals surface area contributed by atoms with E-state index in [0.717, 1.165) is 19.0 Å². The Bertz CT molecular complexity index is 2080. The molecule has 1 aromatic heterocycles. The summed E-state index contributed by atoms with van der Waals surface area (Å²) in [5.41, 5.74) is 0.965. The third kappa shape index (κ3) is 9.53. The number of carbonyl (C=O) groups excluding carboxylic acids is 4. The minimum absolute atomic E-state index is 0.00614. The Labute approximate surface area is 347 Å². The number of anilines is 3. The van der Waals surface area contributed by atoms with Crippen LogP contribution in [-0.2, 0) is 14.4 Å². The zero-order valence-corrected chi connectivity index (χ0v) is 33.6. The Kier molecular flexibility index (Phi) is 12.3. The van der Waals surface area contributed by atoms with E-state index >= 15 is 4.39 Å². The van der Waals surface area contributed by atoms with Gasteiger partial charge in [-0.25, -0.2) is 18.7 Å². The van der Waals surface area contributed by atoms with E-state index in [1.807, 2.05) is 9.80 Å². The molecule has 8 rings (SSSR count). The SMILES string of the molecule is O=C1CCC(Nc2ccc(N3CCN(CC4(O)CCN(C(=O)[C@H]5CC[C@H](Nc6ncc(F)c(-c7cccc(C(=O)N8CC[C@H](O)C8)c7)n6)CC5)CC4)CC3)c(F)c2)C(=O)N1. The summed E-state index contributed by atoms with van der Waals surface area (Å²) in [4.78, 5) is 66.5. The molecular weight excluding hydrogens is 777 g/mol. The van der Waals surface area contributed by atoms with Crippen molar-refractivity contribution in [2.75, 3.05) is 74.4 Å². The highest BCUT2D eigenvalue weighted by Gasteiger charge is 2.39. The highest BCUT2D eigenvalue weighted by Crippen LogP contribution is 2.32. The zero-order chi connectivity index (χ0) is 42.0. The maximum absolute atomic E-state index is 15.2. The number of benzene rings is 2. The van der Waals surface area contributed by atoms with E-state index in [9.17, 15) is 33.8 Å². The Morgan fingerprint density at radius 3 is 2.33 bits per heavy atom. The van der Waals surface area contributed by atoms with E-state index in [-0.39, 0.29) is 54.3 Å². The van der Waals surface area contributed by atoms with Gasteiger partial charge in [0, 0.05) is 94.1 Å². The summed E-state index contributed by atoms with van der Waals surface area (Å²) in [5, 5.41) is 30.1. The minimum atomic E-state index is -0.919. The van der Waals surface area contributed by atoms with E-state index in [0.29, 0.717) is 113 Å². The molecule has 4 amide bonds. The number of imide groups is 1. The van der Waals surface area contributed by atoms with Gasteiger partial charge in [0.2, 0.25) is 23.7 Å². The molecule has 5 heterocycles. The van der Waals surface area contributed by atoms with Crippen molar-refractivity contribution in [2.24, 2.45) is 5.92 Å². The molecule has 1 unspecified atom stereocenters. The van der Waals surface area contributed by atoms with Gasteiger partial charge in [-0.2, -0.15) is 0 Å². The van der Waals surface area contributed by atoms with Crippen molar-refractivity contribution in [3.05, 3.63) is 65.9 Å². The molecular formula is C43H53F2N9O6. The standard InChI is InChI=1S/C43H53F2N9O6/c44-33-23-31(47-35-9-11-37(56)49-39(35)57)8-10-36(33)52-20-18-51(19-21-52)26-43(60)13-16-53(17-14-43)40(58)27-4-6-30(7-5-27)48-42-46-24-34(45)38(50-42)28-2-1-3-29(22-28)41(59)54-15-12-32(55)25-54/h1-3,8,10,22-24,27,30,32,35,47,55,60H,4-7,9,11-21,25-26H2,(H,46,48,50)(H,49,56,57)/t27-,30-,32-,35?/m0/s1. The molecule has 5 aliphatic rings. The lowest BCUT2D eigenvalue weighted by atomic mass is 9.84. The number of piperidine rings is 2. The Balaban J connectivity index is 0.768. The number of hydrogen-bond acceptors (Lipinski definition) is 12. The van der Waals surface area contributed by atoms with Crippen molar-refractivity contribution in [3.63, 3.8) is 0 Å². The number of β-amino-alcohol motifs (C(OH)–C–C–N with tert-alkyl or cyclic N) is 2. The van der Waals surface area contributed by atoms with Gasteiger partial charge in [0.25, 0.3) is 5.91 Å². The quantitative estimate of drug-likeness (QED) is 0.189. The largest absolute Gasteiger partial charge is 0.391 e. The van der Waals surface area contributed by atoms with Crippen LogP contribution in [0.25, 0.3) is 11.3 Å². The van der Waals surface area contributed by atoms with E-state index in [1.54, 1.807) is 41.3 Å². The Morgan fingerprint density at radius 1 is 0.867 bits per heavy atom. The van der Waals surface area contributed by atoms with Crippen molar-refractivity contribution in [2.45, 2.75) is 81.6 Å². The van der Waals surface area contributed by atoms with Crippen LogP contribution in [0.4, 0.5) is 26.1 Å². The summed E-state index contributed by atoms with van der Waals surface area (Å²) < 4.78 is 30.2. The van der Waals surface area contributed by atoms with Gasteiger partial charge in [-0.1, -0.05) is 12.1 Å². The van der Waals surface area contributed by atoms with E-state index in [2.05, 4.69) is 30.8 Å². The molecule has 0 radical (unpaired) electrons. The first-order valence-corrected chi connectivity index (χ1v) is 21.1. The topological polar surface area (TPSA) is 184 Å². The molecule has 1 saturated carbocycles. The fourth-order valence-electron chi connectivity index (χ4n) is 9.22. The van der Waals surface area contributed by atoms with Crippen molar-refractivity contribution < 1.29 is 38.2 Å². The zero-order valence-electron chi connectivity index (χ0n) is 33.6. The molecule has 2 aromatic carbocycles. The molecule has 3 aromatic rings. The number of aliphatic hydroxyl groups excluding tert-OH is 1. The van der Waals surface area contributed by atoms with Gasteiger partial charge in [0.1, 0.15) is 17.6 Å². The summed E-state index contributed by atoms with van der Waals surface area (Å²) in [5.74, 6) is -1.66. The number of halogens is 2. The lowest BCUT2D eigenvalue weighted by Gasteiger charge is -2.44. The summed E-state index contributed by atoms with van der Waals surface area (Å²) >= 11 is 0. The number of piperazine rings is 1. The maximum atomic E-state index is 15.2. The second-order valence-corrected chi connectivity index (χ2v) is 17.0. The highest BCUT2D eigenvalue weighted by molar-refractivity contribution is 6.01. The van der Waals surface area contributed by atoms with Crippen LogP contribution >= 0.6 is 0 Å². The Hall–Kier alpha value is -5.26. The van der Waals surface area contributed by atoms with Crippen LogP contribution in [-0.4, -0.2) is 141 Å². The number of hydrogen-bond donors (Lipinski definition) is 5. The second kappa shape index (κ2) is 17.8. The van der Waals surface area contributed by atoms with Gasteiger partial charge < -0.3 is 35.5 Å². The third-order valence-corrected chi connectivity index (χ3v) is 12.8. The molecule has 4 aliphatic heterocycles. The first kappa shape index (κ1) is 41.5. The van der Waals surface area contributed by atoms with Gasteiger partial charge in [-0.3, -0.25) is 29.4 Å². The van der Waals surface area contributed by atoms with E-state index < -0.39 is 35.3 Å². The van der Waals surface area contributed by atoms with E-state index in [1.165, 1.54) is 6.07 Å². The monoisotopic (exact) mass is 829 g/mol. The number of rotatable bonds is 10. The van der Waals surface area contributed by atoms with Crippen molar-refractivity contribution in [1.29, 1.82) is 0 Å². The molecule has 15 nitrogen and oxygen atoms in total. The average Bonchev–Trinajstić information content (AvgIpc) is 3.69. The van der Waals surface area contributed by atoms with Crippen LogP contribution in [0, 0.1) is 17.6 Å². The number of aliphatic hydroxyl groups is 2. The first-order valence-electron chi connectivity index (χ1n) is 21.1. The predicted molar refractivity (Wildman–Crippen MR) is 219 cm³/mol. The van der Waals surface area contributed by atoms with Crippen LogP contribution in [0.2, 0.25) is 0 Å². The minimum Gasteiger partial charge on any atom is -0.391 e. The molecule has 2 atom stereocenters. The molecule has 1 aliphatic carbocycles. The van der Waals surface area contributed by atoms with Gasteiger partial charge in [0.15, 0.2) is 5.82 Å². The van der Waals surface area contributed by atoms with Crippen LogP contribution in [0.3, 0.4) is 0 Å². The number of nitrogens with one attached hydrogen (secondary N) is 3. The van der Waals surface area contributed by atoms with Crippen molar-refractivity contribution in [1.82, 2.24) is 30.0 Å². The molecule has 5 N–H and O–H groups in total. The smallest absolute Gasteiger partial charge is 0.253 e. The third-order valence-electron chi connectivity index (χ3n) is 12.8. The van der Waals surface area contributed by atoms with Crippen molar-refractivity contribution in [3.8, 4) is 11.3 Å². The molecule has 320 valence electrons. The van der Waals surface area contributed by atoms with Gasteiger partial charge in [0.05, 0.1) is 23.6 Å². The normalized spacial score (nSPS) is 24.9. The summed E-state index contributed by atoms with van der Waals surface area (Å²) in [7, 11) is 0. The summed E-state index contributed by atoms with van der Waals surface area (Å²) in [6.07, 6.45) is 5.47. The highest BCUT2D eigenvalue weighted by atomic mass is 19.1. The number of aromatic nitrogens is 2. The lowest BCUT2D eigenvalue weighted by Crippen LogP contribution is -2.56. The maximum Gasteiger partial charge on any atom is 0.253 e. The molecule has 60 heavy (non-hydrogen) atoms. The molecule has 0 spiro atoms. The Morgan fingerprint density at radius 2 is 1.63 bits per heavy atom. The van der Waals surface area contributed by atoms with Crippen molar-refractivity contribution >= 4 is 41.0 Å². The lowest BCUT2D eigenvalue weighted by molar-refractivity contribution is -0.141. The molecule has 0 bridgehead atoms. The predicted octanol–water partition coefficient (Wildman–Crippen LogP) is 2.99. The fraction of sp³-hybridized carbons (Fsp3) is 0.535. The van der Waals surface area contributed by atoms with Crippen LogP contribution in [0.1, 0.15) is 68.1 Å². The molecule has 4 saturated heterocycles. The molecule has 5 fully saturated rings. The van der Waals surface area contributed by atoms with Gasteiger partial charge >= 0.3 is 0 Å². The van der Waals surface area contributed by atoms with Gasteiger partial charge in [-0.15, -0.1) is 0 Å².